The van der Waals surface area contributed by atoms with Gasteiger partial charge in [0, 0.05) is 0 Å². The molecule has 6 rings (SSSR count). The SMILES string of the molecule is [2H]c1ccc(Oc2cccc(-c3ccc4[c](c3)[Bi]([c]3ccccn3)[c]3ccccc3-4)c2)nc1. The van der Waals surface area contributed by atoms with Gasteiger partial charge >= 0.3 is 197 Å². The molecule has 2 aromatic heterocycles. The van der Waals surface area contributed by atoms with E-state index in [1.54, 1.807) is 12.1 Å². The van der Waals surface area contributed by atoms with Gasteiger partial charge < -0.3 is 0 Å². The predicted molar refractivity (Wildman–Crippen MR) is 131 cm³/mol. The number of rotatable bonds is 4. The molecular formula is C28H19BiN2O. The van der Waals surface area contributed by atoms with E-state index in [1.807, 2.05) is 30.5 Å². The molecule has 3 heterocycles. The molecule has 0 fully saturated rings. The Morgan fingerprint density at radius 2 is 1.53 bits per heavy atom. The van der Waals surface area contributed by atoms with Gasteiger partial charge in [-0.25, -0.2) is 0 Å². The van der Waals surface area contributed by atoms with Crippen LogP contribution < -0.4 is 14.7 Å². The molecule has 0 spiro atoms. The Labute approximate surface area is 196 Å². The molecule has 0 atom stereocenters. The molecule has 0 bridgehead atoms. The van der Waals surface area contributed by atoms with Crippen LogP contribution in [0.3, 0.4) is 0 Å². The number of fused-ring (bicyclic) bond motifs is 3. The van der Waals surface area contributed by atoms with Gasteiger partial charge in [-0.3, -0.25) is 0 Å². The van der Waals surface area contributed by atoms with Crippen LogP contribution in [0.15, 0.2) is 115 Å². The summed E-state index contributed by atoms with van der Waals surface area (Å²) < 4.78 is 17.8. The summed E-state index contributed by atoms with van der Waals surface area (Å²) in [5.74, 6) is 1.21. The van der Waals surface area contributed by atoms with Gasteiger partial charge in [-0.1, -0.05) is 0 Å². The topological polar surface area (TPSA) is 35.0 Å². The molecule has 32 heavy (non-hydrogen) atoms. The first-order valence-electron chi connectivity index (χ1n) is 10.9. The van der Waals surface area contributed by atoms with Gasteiger partial charge in [0.2, 0.25) is 0 Å². The molecule has 0 aliphatic carbocycles. The molecule has 0 N–H and O–H groups in total. The molecule has 0 amide bonds. The van der Waals surface area contributed by atoms with Gasteiger partial charge in [0.25, 0.3) is 0 Å². The molecule has 1 aliphatic heterocycles. The van der Waals surface area contributed by atoms with Crippen molar-refractivity contribution in [2.24, 2.45) is 0 Å². The zero-order chi connectivity index (χ0) is 22.2. The third-order valence-electron chi connectivity index (χ3n) is 5.53. The maximum atomic E-state index is 7.59. The summed E-state index contributed by atoms with van der Waals surface area (Å²) in [4.78, 5) is 8.96. The van der Waals surface area contributed by atoms with E-state index in [9.17, 15) is 0 Å². The second-order valence-corrected chi connectivity index (χ2v) is 15.6. The quantitative estimate of drug-likeness (QED) is 0.278. The first kappa shape index (κ1) is 18.2. The van der Waals surface area contributed by atoms with Gasteiger partial charge in [0.1, 0.15) is 0 Å². The Morgan fingerprint density at radius 3 is 2.41 bits per heavy atom. The molecule has 3 aromatic carbocycles. The summed E-state index contributed by atoms with van der Waals surface area (Å²) in [5.41, 5.74) is 5.00. The maximum absolute atomic E-state index is 7.59. The Hall–Kier alpha value is -3.36. The first-order valence-corrected chi connectivity index (χ1v) is 15.6. The fraction of sp³-hybridized carbons (Fsp3) is 0. The van der Waals surface area contributed by atoms with E-state index >= 15 is 0 Å². The van der Waals surface area contributed by atoms with Crippen molar-refractivity contribution < 1.29 is 6.11 Å². The monoisotopic (exact) mass is 609 g/mol. The molecule has 0 unspecified atom stereocenters. The van der Waals surface area contributed by atoms with E-state index in [4.69, 9.17) is 11.1 Å². The van der Waals surface area contributed by atoms with Crippen molar-refractivity contribution in [2.45, 2.75) is 0 Å². The Balaban J connectivity index is 1.40. The Kier molecular flexibility index (Phi) is 4.73. The number of benzene rings is 3. The van der Waals surface area contributed by atoms with E-state index in [0.717, 1.165) is 11.3 Å². The van der Waals surface area contributed by atoms with Crippen LogP contribution in [0.2, 0.25) is 0 Å². The van der Waals surface area contributed by atoms with Crippen LogP contribution in [0.1, 0.15) is 1.37 Å². The zero-order valence-electron chi connectivity index (χ0n) is 18.1. The van der Waals surface area contributed by atoms with Crippen molar-refractivity contribution in [2.75, 3.05) is 0 Å². The zero-order valence-corrected chi connectivity index (χ0v) is 20.6. The van der Waals surface area contributed by atoms with Crippen LogP contribution in [-0.2, 0) is 0 Å². The summed E-state index contributed by atoms with van der Waals surface area (Å²) in [6.07, 6.45) is 3.40. The molecule has 3 nitrogen and oxygen atoms in total. The fourth-order valence-electron chi connectivity index (χ4n) is 4.11. The average Bonchev–Trinajstić information content (AvgIpc) is 3.20. The van der Waals surface area contributed by atoms with Gasteiger partial charge in [-0.05, 0) is 0 Å². The number of pyridine rings is 2. The molecule has 0 saturated heterocycles. The van der Waals surface area contributed by atoms with E-state index in [2.05, 4.69) is 65.6 Å². The Bertz CT molecular complexity index is 1450. The summed E-state index contributed by atoms with van der Waals surface area (Å²) in [6.45, 7) is 0. The summed E-state index contributed by atoms with van der Waals surface area (Å²) >= 11 is -2.44. The first-order chi connectivity index (χ1) is 16.3. The third kappa shape index (κ3) is 3.51. The van der Waals surface area contributed by atoms with Crippen molar-refractivity contribution in [3.8, 4) is 33.9 Å². The van der Waals surface area contributed by atoms with Crippen molar-refractivity contribution in [3.63, 3.8) is 0 Å². The standard InChI is InChI=1S/C23H15NO.C5H4N.Bi/c1-2-7-18(8-3-1)19-12-14-20(15-13-19)21-9-6-10-22(17-21)25-23-11-4-5-16-24-23;1-2-4-6-5-3-1;/h1-7,9-12,14-17H;1-4H;/i5D;;. The number of nitrogens with zero attached hydrogens (tertiary/aromatic N) is 2. The summed E-state index contributed by atoms with van der Waals surface area (Å²) in [5, 5.41) is 0. The molecule has 0 saturated carbocycles. The minimum atomic E-state index is -2.44. The van der Waals surface area contributed by atoms with E-state index < -0.39 is 21.8 Å². The van der Waals surface area contributed by atoms with E-state index in [-0.39, 0.29) is 0 Å². The number of hydrogen-bond acceptors (Lipinski definition) is 3. The van der Waals surface area contributed by atoms with Gasteiger partial charge in [-0.2, -0.15) is 0 Å². The van der Waals surface area contributed by atoms with Crippen LogP contribution in [0.5, 0.6) is 11.6 Å². The second-order valence-electron chi connectivity index (χ2n) is 7.50. The van der Waals surface area contributed by atoms with Crippen molar-refractivity contribution in [1.82, 2.24) is 9.97 Å². The van der Waals surface area contributed by atoms with Gasteiger partial charge in [-0.15, -0.1) is 0 Å². The molecule has 152 valence electrons. The van der Waals surface area contributed by atoms with Crippen LogP contribution in [0.4, 0.5) is 0 Å². The average molecular weight is 609 g/mol. The number of hydrogen-bond donors (Lipinski definition) is 0. The minimum absolute atomic E-state index is 0.365. The summed E-state index contributed by atoms with van der Waals surface area (Å²) in [7, 11) is 0. The second kappa shape index (κ2) is 8.29. The number of aromatic nitrogens is 2. The Morgan fingerprint density at radius 1 is 0.656 bits per heavy atom. The predicted octanol–water partition coefficient (Wildman–Crippen LogP) is 4.43. The van der Waals surface area contributed by atoms with Crippen LogP contribution >= 0.6 is 0 Å². The van der Waals surface area contributed by atoms with Crippen LogP contribution in [-0.4, -0.2) is 31.7 Å². The van der Waals surface area contributed by atoms with E-state index in [0.29, 0.717) is 11.9 Å². The fourth-order valence-corrected chi connectivity index (χ4v) is 14.0. The van der Waals surface area contributed by atoms with E-state index in [1.165, 1.54) is 32.8 Å². The van der Waals surface area contributed by atoms with Crippen LogP contribution in [0.25, 0.3) is 22.3 Å². The van der Waals surface area contributed by atoms with Crippen molar-refractivity contribution in [3.05, 3.63) is 115 Å². The molecule has 4 heteroatoms. The van der Waals surface area contributed by atoms with Gasteiger partial charge in [0.05, 0.1) is 0 Å². The van der Waals surface area contributed by atoms with Crippen LogP contribution in [0, 0.1) is 0 Å². The van der Waals surface area contributed by atoms with Crippen molar-refractivity contribution >= 4 is 31.7 Å². The molecular weight excluding hydrogens is 589 g/mol. The molecule has 5 aromatic rings. The number of ether oxygens (including phenoxy) is 1. The normalized spacial score (nSPS) is 12.7. The third-order valence-corrected chi connectivity index (χ3v) is 15.0. The van der Waals surface area contributed by atoms with Crippen molar-refractivity contribution in [1.29, 1.82) is 0 Å². The molecule has 0 radical (unpaired) electrons. The molecule has 1 aliphatic rings. The summed E-state index contributed by atoms with van der Waals surface area (Å²) in [6, 6.07) is 33.8. The van der Waals surface area contributed by atoms with Gasteiger partial charge in [0.15, 0.2) is 0 Å².